The Kier molecular flexibility index (Phi) is 3.84. The second kappa shape index (κ2) is 5.75. The Labute approximate surface area is 116 Å². The van der Waals surface area contributed by atoms with E-state index in [4.69, 9.17) is 0 Å². The van der Waals surface area contributed by atoms with Crippen molar-refractivity contribution < 1.29 is 0 Å². The Bertz CT molecular complexity index is 537. The molecule has 1 N–H and O–H groups in total. The largest absolute Gasteiger partial charge is 0.310 e. The van der Waals surface area contributed by atoms with Gasteiger partial charge in [-0.15, -0.1) is 0 Å². The lowest BCUT2D eigenvalue weighted by atomic mass is 9.95. The first-order valence-corrected chi connectivity index (χ1v) is 7.59. The van der Waals surface area contributed by atoms with Crippen molar-refractivity contribution in [1.29, 1.82) is 0 Å². The van der Waals surface area contributed by atoms with E-state index in [9.17, 15) is 0 Å². The van der Waals surface area contributed by atoms with Crippen LogP contribution in [0.15, 0.2) is 42.5 Å². The van der Waals surface area contributed by atoms with Crippen molar-refractivity contribution in [3.8, 4) is 0 Å². The van der Waals surface area contributed by atoms with Crippen LogP contribution in [0.25, 0.3) is 10.8 Å². The van der Waals surface area contributed by atoms with Crippen LogP contribution < -0.4 is 5.32 Å². The van der Waals surface area contributed by atoms with E-state index < -0.39 is 0 Å². The van der Waals surface area contributed by atoms with E-state index in [-0.39, 0.29) is 0 Å². The third-order valence-corrected chi connectivity index (χ3v) is 4.11. The number of hydrogen-bond donors (Lipinski definition) is 1. The summed E-state index contributed by atoms with van der Waals surface area (Å²) in [5.74, 6) is 0.952. The Morgan fingerprint density at radius 3 is 2.68 bits per heavy atom. The second-order valence-electron chi connectivity index (χ2n) is 5.75. The summed E-state index contributed by atoms with van der Waals surface area (Å²) in [5.41, 5.74) is 1.48. The summed E-state index contributed by atoms with van der Waals surface area (Å²) < 4.78 is 0. The normalized spacial score (nSPS) is 16.7. The molecule has 0 saturated heterocycles. The highest BCUT2D eigenvalue weighted by Crippen LogP contribution is 2.39. The number of benzene rings is 2. The maximum absolute atomic E-state index is 3.75. The second-order valence-corrected chi connectivity index (χ2v) is 5.75. The molecule has 1 aliphatic carbocycles. The molecule has 1 atom stereocenters. The third kappa shape index (κ3) is 2.98. The van der Waals surface area contributed by atoms with E-state index in [1.165, 1.54) is 42.0 Å². The maximum Gasteiger partial charge on any atom is 0.0329 e. The zero-order valence-electron chi connectivity index (χ0n) is 11.7. The molecule has 0 bridgehead atoms. The first-order chi connectivity index (χ1) is 9.38. The van der Waals surface area contributed by atoms with Gasteiger partial charge < -0.3 is 5.32 Å². The van der Waals surface area contributed by atoms with Crippen molar-refractivity contribution in [3.05, 3.63) is 48.0 Å². The van der Waals surface area contributed by atoms with Gasteiger partial charge in [-0.05, 0) is 41.6 Å². The zero-order valence-corrected chi connectivity index (χ0v) is 11.7. The van der Waals surface area contributed by atoms with Crippen LogP contribution in [0.2, 0.25) is 0 Å². The fourth-order valence-corrected chi connectivity index (χ4v) is 2.88. The van der Waals surface area contributed by atoms with Crippen LogP contribution in [0, 0.1) is 5.92 Å². The summed E-state index contributed by atoms with van der Waals surface area (Å²) in [4.78, 5) is 0. The molecule has 1 saturated carbocycles. The molecule has 0 aromatic heterocycles. The fourth-order valence-electron chi connectivity index (χ4n) is 2.88. The Morgan fingerprint density at radius 1 is 1.11 bits per heavy atom. The van der Waals surface area contributed by atoms with Crippen molar-refractivity contribution in [2.75, 3.05) is 6.54 Å². The van der Waals surface area contributed by atoms with Gasteiger partial charge in [0.1, 0.15) is 0 Å². The monoisotopic (exact) mass is 253 g/mol. The average Bonchev–Trinajstić information content (AvgIpc) is 3.27. The van der Waals surface area contributed by atoms with Crippen molar-refractivity contribution in [3.63, 3.8) is 0 Å². The van der Waals surface area contributed by atoms with E-state index in [2.05, 4.69) is 54.7 Å². The van der Waals surface area contributed by atoms with Gasteiger partial charge in [0.25, 0.3) is 0 Å². The summed E-state index contributed by atoms with van der Waals surface area (Å²) >= 11 is 0. The van der Waals surface area contributed by atoms with Crippen LogP contribution in [0.4, 0.5) is 0 Å². The molecule has 2 aromatic carbocycles. The molecule has 1 fully saturated rings. The topological polar surface area (TPSA) is 12.0 Å². The molecule has 3 rings (SSSR count). The van der Waals surface area contributed by atoms with Crippen molar-refractivity contribution >= 4 is 10.8 Å². The molecule has 1 aliphatic rings. The Hall–Kier alpha value is -1.34. The first-order valence-electron chi connectivity index (χ1n) is 7.59. The van der Waals surface area contributed by atoms with Crippen molar-refractivity contribution in [2.45, 2.75) is 38.6 Å². The average molecular weight is 253 g/mol. The minimum atomic E-state index is 0.526. The molecule has 2 aromatic rings. The lowest BCUT2D eigenvalue weighted by Crippen LogP contribution is -2.22. The van der Waals surface area contributed by atoms with Gasteiger partial charge in [0.2, 0.25) is 0 Å². The van der Waals surface area contributed by atoms with Crippen LogP contribution in [-0.2, 0) is 0 Å². The van der Waals surface area contributed by atoms with Gasteiger partial charge >= 0.3 is 0 Å². The summed E-state index contributed by atoms with van der Waals surface area (Å²) in [5, 5.41) is 6.53. The Balaban J connectivity index is 1.93. The molecule has 0 amide bonds. The molecule has 0 heterocycles. The summed E-state index contributed by atoms with van der Waals surface area (Å²) in [7, 11) is 0. The third-order valence-electron chi connectivity index (χ3n) is 4.11. The van der Waals surface area contributed by atoms with Crippen LogP contribution in [-0.4, -0.2) is 6.54 Å². The maximum atomic E-state index is 3.75. The van der Waals surface area contributed by atoms with E-state index in [1.807, 2.05) is 0 Å². The molecule has 1 heteroatoms. The summed E-state index contributed by atoms with van der Waals surface area (Å²) in [6.45, 7) is 3.35. The van der Waals surface area contributed by atoms with Crippen LogP contribution >= 0.6 is 0 Å². The number of hydrogen-bond acceptors (Lipinski definition) is 1. The van der Waals surface area contributed by atoms with Crippen molar-refractivity contribution in [1.82, 2.24) is 5.32 Å². The molecule has 1 nitrogen and oxygen atoms in total. The highest BCUT2D eigenvalue weighted by Gasteiger charge is 2.26. The van der Waals surface area contributed by atoms with E-state index in [1.54, 1.807) is 0 Å². The SMILES string of the molecule is CCCNC(CC1CC1)c1cccc2ccccc12. The van der Waals surface area contributed by atoms with Gasteiger partial charge in [0, 0.05) is 6.04 Å². The van der Waals surface area contributed by atoms with Gasteiger partial charge in [0.05, 0.1) is 0 Å². The molecular weight excluding hydrogens is 230 g/mol. The highest BCUT2D eigenvalue weighted by atomic mass is 14.9. The summed E-state index contributed by atoms with van der Waals surface area (Å²) in [6.07, 6.45) is 5.35. The standard InChI is InChI=1S/C18H23N/c1-2-12-19-18(13-14-10-11-14)17-9-5-7-15-6-3-4-8-16(15)17/h3-9,14,18-19H,2,10-13H2,1H3. The van der Waals surface area contributed by atoms with Crippen molar-refractivity contribution in [2.24, 2.45) is 5.92 Å². The molecule has 0 radical (unpaired) electrons. The molecule has 1 unspecified atom stereocenters. The number of rotatable bonds is 6. The van der Waals surface area contributed by atoms with Gasteiger partial charge in [0.15, 0.2) is 0 Å². The predicted molar refractivity (Wildman–Crippen MR) is 82.3 cm³/mol. The minimum Gasteiger partial charge on any atom is -0.310 e. The molecule has 19 heavy (non-hydrogen) atoms. The lowest BCUT2D eigenvalue weighted by molar-refractivity contribution is 0.476. The first kappa shape index (κ1) is 12.7. The minimum absolute atomic E-state index is 0.526. The molecular formula is C18H23N. The van der Waals surface area contributed by atoms with Gasteiger partial charge in [-0.1, -0.05) is 62.2 Å². The predicted octanol–water partition coefficient (Wildman–Crippen LogP) is 4.68. The number of nitrogens with one attached hydrogen (secondary N) is 1. The van der Waals surface area contributed by atoms with E-state index in [0.29, 0.717) is 6.04 Å². The van der Waals surface area contributed by atoms with Gasteiger partial charge in [-0.2, -0.15) is 0 Å². The van der Waals surface area contributed by atoms with Gasteiger partial charge in [-0.25, -0.2) is 0 Å². The van der Waals surface area contributed by atoms with Crippen LogP contribution in [0.5, 0.6) is 0 Å². The lowest BCUT2D eigenvalue weighted by Gasteiger charge is -2.20. The Morgan fingerprint density at radius 2 is 1.89 bits per heavy atom. The number of fused-ring (bicyclic) bond motifs is 1. The van der Waals surface area contributed by atoms with E-state index >= 15 is 0 Å². The zero-order chi connectivity index (χ0) is 13.1. The highest BCUT2D eigenvalue weighted by molar-refractivity contribution is 5.86. The van der Waals surface area contributed by atoms with Crippen LogP contribution in [0.3, 0.4) is 0 Å². The quantitative estimate of drug-likeness (QED) is 0.788. The molecule has 100 valence electrons. The summed E-state index contributed by atoms with van der Waals surface area (Å²) in [6, 6.07) is 16.0. The van der Waals surface area contributed by atoms with Crippen LogP contribution in [0.1, 0.15) is 44.2 Å². The smallest absolute Gasteiger partial charge is 0.0329 e. The fraction of sp³-hybridized carbons (Fsp3) is 0.444. The van der Waals surface area contributed by atoms with E-state index in [0.717, 1.165) is 12.5 Å². The molecule has 0 spiro atoms. The molecule has 0 aliphatic heterocycles. The van der Waals surface area contributed by atoms with Gasteiger partial charge in [-0.3, -0.25) is 0 Å².